The van der Waals surface area contributed by atoms with Crippen LogP contribution in [0.4, 0.5) is 0 Å². The molecule has 5 heteroatoms. The Morgan fingerprint density at radius 2 is 1.77 bits per heavy atom. The highest BCUT2D eigenvalue weighted by Crippen LogP contribution is 2.22. The molecule has 0 fully saturated rings. The van der Waals surface area contributed by atoms with Crippen LogP contribution in [0.15, 0.2) is 67.0 Å². The predicted octanol–water partition coefficient (Wildman–Crippen LogP) is 3.52. The van der Waals surface area contributed by atoms with Crippen molar-refractivity contribution in [1.82, 2.24) is 9.97 Å². The van der Waals surface area contributed by atoms with E-state index in [0.717, 1.165) is 29.0 Å². The Labute approximate surface area is 153 Å². The van der Waals surface area contributed by atoms with Crippen molar-refractivity contribution in [3.05, 3.63) is 72.6 Å². The van der Waals surface area contributed by atoms with Crippen LogP contribution in [0.3, 0.4) is 0 Å². The summed E-state index contributed by atoms with van der Waals surface area (Å²) >= 11 is 0. The summed E-state index contributed by atoms with van der Waals surface area (Å²) in [4.78, 5) is 8.40. The third-order valence-electron chi connectivity index (χ3n) is 4.04. The molecule has 0 radical (unpaired) electrons. The summed E-state index contributed by atoms with van der Waals surface area (Å²) in [6.45, 7) is 0.266. The van der Waals surface area contributed by atoms with E-state index in [2.05, 4.69) is 9.97 Å². The Balaban J connectivity index is 1.51. The van der Waals surface area contributed by atoms with E-state index in [-0.39, 0.29) is 6.61 Å². The molecule has 1 N–H and O–H groups in total. The number of hydrogen-bond donors (Lipinski definition) is 1. The van der Waals surface area contributed by atoms with Crippen LogP contribution in [0.1, 0.15) is 12.0 Å². The lowest BCUT2D eigenvalue weighted by molar-refractivity contribution is 0.100. The summed E-state index contributed by atoms with van der Waals surface area (Å²) < 4.78 is 10.8. The summed E-state index contributed by atoms with van der Waals surface area (Å²) in [5.74, 6) is 1.31. The van der Waals surface area contributed by atoms with E-state index < -0.39 is 6.10 Å². The van der Waals surface area contributed by atoms with Gasteiger partial charge in [0.15, 0.2) is 0 Å². The van der Waals surface area contributed by atoms with Gasteiger partial charge >= 0.3 is 0 Å². The van der Waals surface area contributed by atoms with Crippen molar-refractivity contribution >= 4 is 0 Å². The number of ether oxygens (including phenoxy) is 2. The first-order chi connectivity index (χ1) is 12.7. The third-order valence-corrected chi connectivity index (χ3v) is 4.04. The quantitative estimate of drug-likeness (QED) is 0.673. The SMILES string of the molecule is COc1cccc(-c2ccc(OCC(O)CCc3ccncc3)cc2)n1. The molecule has 0 saturated heterocycles. The lowest BCUT2D eigenvalue weighted by Crippen LogP contribution is -2.18. The first kappa shape index (κ1) is 17.9. The van der Waals surface area contributed by atoms with E-state index in [1.165, 1.54) is 0 Å². The van der Waals surface area contributed by atoms with Crippen LogP contribution in [0.25, 0.3) is 11.3 Å². The first-order valence-electron chi connectivity index (χ1n) is 8.56. The van der Waals surface area contributed by atoms with E-state index in [4.69, 9.17) is 9.47 Å². The second kappa shape index (κ2) is 8.97. The van der Waals surface area contributed by atoms with Crippen molar-refractivity contribution in [3.63, 3.8) is 0 Å². The van der Waals surface area contributed by atoms with Crippen LogP contribution in [0, 0.1) is 0 Å². The molecule has 0 spiro atoms. The minimum absolute atomic E-state index is 0.266. The Morgan fingerprint density at radius 1 is 1.00 bits per heavy atom. The van der Waals surface area contributed by atoms with Crippen molar-refractivity contribution in [1.29, 1.82) is 0 Å². The maximum absolute atomic E-state index is 10.1. The molecule has 1 atom stereocenters. The molecule has 0 aliphatic heterocycles. The Hall–Kier alpha value is -2.92. The number of aliphatic hydroxyl groups excluding tert-OH is 1. The summed E-state index contributed by atoms with van der Waals surface area (Å²) in [7, 11) is 1.60. The number of benzene rings is 1. The molecule has 0 bridgehead atoms. The minimum Gasteiger partial charge on any atom is -0.491 e. The zero-order valence-electron chi connectivity index (χ0n) is 14.7. The van der Waals surface area contributed by atoms with E-state index >= 15 is 0 Å². The van der Waals surface area contributed by atoms with Crippen LogP contribution in [0.5, 0.6) is 11.6 Å². The van der Waals surface area contributed by atoms with Crippen LogP contribution < -0.4 is 9.47 Å². The lowest BCUT2D eigenvalue weighted by Gasteiger charge is -2.13. The summed E-state index contributed by atoms with van der Waals surface area (Å²) in [6, 6.07) is 17.2. The smallest absolute Gasteiger partial charge is 0.213 e. The second-order valence-corrected chi connectivity index (χ2v) is 5.95. The van der Waals surface area contributed by atoms with E-state index in [0.29, 0.717) is 12.3 Å². The highest BCUT2D eigenvalue weighted by molar-refractivity contribution is 5.60. The van der Waals surface area contributed by atoms with Gasteiger partial charge in [0.25, 0.3) is 0 Å². The van der Waals surface area contributed by atoms with Gasteiger partial charge in [0.2, 0.25) is 5.88 Å². The van der Waals surface area contributed by atoms with E-state index in [9.17, 15) is 5.11 Å². The number of rotatable bonds is 8. The monoisotopic (exact) mass is 350 g/mol. The van der Waals surface area contributed by atoms with Gasteiger partial charge in [-0.25, -0.2) is 4.98 Å². The zero-order valence-corrected chi connectivity index (χ0v) is 14.7. The molecule has 0 aliphatic carbocycles. The molecule has 2 heterocycles. The third kappa shape index (κ3) is 5.04. The Bertz CT molecular complexity index is 807. The fourth-order valence-corrected chi connectivity index (χ4v) is 2.57. The molecular formula is C21H22N2O3. The average molecular weight is 350 g/mol. The molecule has 0 amide bonds. The van der Waals surface area contributed by atoms with Gasteiger partial charge in [-0.05, 0) is 60.9 Å². The number of methoxy groups -OCH3 is 1. The van der Waals surface area contributed by atoms with Crippen LogP contribution in [0.2, 0.25) is 0 Å². The van der Waals surface area contributed by atoms with Crippen molar-refractivity contribution in [2.45, 2.75) is 18.9 Å². The van der Waals surface area contributed by atoms with E-state index in [1.54, 1.807) is 19.5 Å². The second-order valence-electron chi connectivity index (χ2n) is 5.95. The van der Waals surface area contributed by atoms with Crippen molar-refractivity contribution in [3.8, 4) is 22.9 Å². The topological polar surface area (TPSA) is 64.5 Å². The Morgan fingerprint density at radius 3 is 2.50 bits per heavy atom. The van der Waals surface area contributed by atoms with Crippen molar-refractivity contribution < 1.29 is 14.6 Å². The molecule has 2 aromatic heterocycles. The van der Waals surface area contributed by atoms with E-state index in [1.807, 2.05) is 54.6 Å². The van der Waals surface area contributed by atoms with Crippen molar-refractivity contribution in [2.75, 3.05) is 13.7 Å². The maximum atomic E-state index is 10.1. The summed E-state index contributed by atoms with van der Waals surface area (Å²) in [5, 5.41) is 10.1. The molecule has 0 aliphatic rings. The number of hydrogen-bond acceptors (Lipinski definition) is 5. The fourth-order valence-electron chi connectivity index (χ4n) is 2.57. The van der Waals surface area contributed by atoms with Crippen LogP contribution in [-0.4, -0.2) is 34.9 Å². The van der Waals surface area contributed by atoms with Gasteiger partial charge in [-0.1, -0.05) is 6.07 Å². The molecular weight excluding hydrogens is 328 g/mol. The van der Waals surface area contributed by atoms with Crippen LogP contribution >= 0.6 is 0 Å². The predicted molar refractivity (Wildman–Crippen MR) is 100 cm³/mol. The largest absolute Gasteiger partial charge is 0.491 e. The maximum Gasteiger partial charge on any atom is 0.213 e. The molecule has 3 rings (SSSR count). The average Bonchev–Trinajstić information content (AvgIpc) is 2.72. The van der Waals surface area contributed by atoms with Crippen molar-refractivity contribution in [2.24, 2.45) is 0 Å². The molecule has 3 aromatic rings. The number of aryl methyl sites for hydroxylation is 1. The standard InChI is InChI=1S/C21H22N2O3/c1-25-21-4-2-3-20(23-21)17-6-9-19(10-7-17)26-15-18(24)8-5-16-11-13-22-14-12-16/h2-4,6-7,9-14,18,24H,5,8,15H2,1H3. The number of aromatic nitrogens is 2. The van der Waals surface area contributed by atoms with Gasteiger partial charge in [-0.2, -0.15) is 0 Å². The molecule has 1 aromatic carbocycles. The van der Waals surface area contributed by atoms with Gasteiger partial charge < -0.3 is 14.6 Å². The Kier molecular flexibility index (Phi) is 6.17. The van der Waals surface area contributed by atoms with Gasteiger partial charge in [0.1, 0.15) is 12.4 Å². The highest BCUT2D eigenvalue weighted by Gasteiger charge is 2.07. The molecule has 26 heavy (non-hydrogen) atoms. The number of pyridine rings is 2. The van der Waals surface area contributed by atoms with Crippen LogP contribution in [-0.2, 0) is 6.42 Å². The first-order valence-corrected chi connectivity index (χ1v) is 8.56. The molecule has 1 unspecified atom stereocenters. The highest BCUT2D eigenvalue weighted by atomic mass is 16.5. The summed E-state index contributed by atoms with van der Waals surface area (Å²) in [6.07, 6.45) is 4.46. The van der Waals surface area contributed by atoms with Gasteiger partial charge in [0, 0.05) is 24.0 Å². The lowest BCUT2D eigenvalue weighted by atomic mass is 10.1. The molecule has 5 nitrogen and oxygen atoms in total. The normalized spacial score (nSPS) is 11.8. The minimum atomic E-state index is -0.511. The summed E-state index contributed by atoms with van der Waals surface area (Å²) in [5.41, 5.74) is 2.98. The van der Waals surface area contributed by atoms with Gasteiger partial charge in [0.05, 0.1) is 18.9 Å². The zero-order chi connectivity index (χ0) is 18.2. The van der Waals surface area contributed by atoms with Gasteiger partial charge in [-0.15, -0.1) is 0 Å². The molecule has 0 saturated carbocycles. The number of nitrogens with zero attached hydrogens (tertiary/aromatic N) is 2. The fraction of sp³-hybridized carbons (Fsp3) is 0.238. The van der Waals surface area contributed by atoms with Gasteiger partial charge in [-0.3, -0.25) is 4.98 Å². The molecule has 134 valence electrons. The number of aliphatic hydroxyl groups is 1.